The fraction of sp³-hybridized carbons (Fsp3) is 0. The molecule has 0 atom stereocenters. The summed E-state index contributed by atoms with van der Waals surface area (Å²) in [5, 5.41) is 8.64. The highest BCUT2D eigenvalue weighted by molar-refractivity contribution is 9.10. The topological polar surface area (TPSA) is 83.5 Å². The Kier molecular flexibility index (Phi) is 4.74. The lowest BCUT2D eigenvalue weighted by molar-refractivity contribution is 0.0696. The van der Waals surface area contributed by atoms with Gasteiger partial charge in [-0.1, -0.05) is 11.6 Å². The first-order chi connectivity index (χ1) is 10.2. The molecule has 2 aromatic rings. The van der Waals surface area contributed by atoms with Gasteiger partial charge in [0.05, 0.1) is 16.3 Å². The van der Waals surface area contributed by atoms with Crippen LogP contribution in [-0.4, -0.2) is 19.5 Å². The van der Waals surface area contributed by atoms with E-state index in [4.69, 9.17) is 16.7 Å². The molecular formula is C13H8BrClFNO4S. The molecule has 5 nitrogen and oxygen atoms in total. The number of nitrogens with one attached hydrogen (secondary N) is 1. The Bertz CT molecular complexity index is 857. The predicted molar refractivity (Wildman–Crippen MR) is 83.3 cm³/mol. The minimum absolute atomic E-state index is 0.0596. The van der Waals surface area contributed by atoms with Crippen LogP contribution in [0.4, 0.5) is 10.1 Å². The van der Waals surface area contributed by atoms with E-state index in [-0.39, 0.29) is 25.6 Å². The molecular weight excluding hydrogens is 401 g/mol. The van der Waals surface area contributed by atoms with E-state index >= 15 is 0 Å². The second-order valence-electron chi connectivity index (χ2n) is 4.18. The summed E-state index contributed by atoms with van der Waals surface area (Å²) in [7, 11) is -3.99. The van der Waals surface area contributed by atoms with E-state index in [1.54, 1.807) is 0 Å². The van der Waals surface area contributed by atoms with Crippen molar-refractivity contribution in [3.05, 3.63) is 57.3 Å². The number of carbonyl (C=O) groups is 1. The Morgan fingerprint density at radius 3 is 2.45 bits per heavy atom. The fourth-order valence-corrected chi connectivity index (χ4v) is 3.93. The summed E-state index contributed by atoms with van der Waals surface area (Å²) in [4.78, 5) is 10.7. The largest absolute Gasteiger partial charge is 0.478 e. The number of rotatable bonds is 4. The molecule has 0 amide bonds. The summed E-state index contributed by atoms with van der Waals surface area (Å²) in [6.07, 6.45) is 0. The number of benzene rings is 2. The molecule has 0 unspecified atom stereocenters. The monoisotopic (exact) mass is 407 g/mol. The lowest BCUT2D eigenvalue weighted by atomic mass is 10.2. The molecule has 2 N–H and O–H groups in total. The summed E-state index contributed by atoms with van der Waals surface area (Å²) in [5.41, 5.74) is 0.0243. The Morgan fingerprint density at radius 2 is 1.91 bits per heavy atom. The van der Waals surface area contributed by atoms with Crippen molar-refractivity contribution in [2.75, 3.05) is 4.72 Å². The van der Waals surface area contributed by atoms with Crippen LogP contribution in [0.2, 0.25) is 5.02 Å². The van der Waals surface area contributed by atoms with Crippen molar-refractivity contribution in [2.45, 2.75) is 4.90 Å². The van der Waals surface area contributed by atoms with Crippen LogP contribution in [-0.2, 0) is 10.0 Å². The van der Waals surface area contributed by atoms with Gasteiger partial charge in [0, 0.05) is 4.47 Å². The average molecular weight is 409 g/mol. The molecule has 9 heteroatoms. The van der Waals surface area contributed by atoms with Gasteiger partial charge in [-0.3, -0.25) is 4.72 Å². The van der Waals surface area contributed by atoms with Crippen molar-refractivity contribution in [1.82, 2.24) is 0 Å². The molecule has 0 radical (unpaired) electrons. The molecule has 0 heterocycles. The highest BCUT2D eigenvalue weighted by Gasteiger charge is 2.19. The van der Waals surface area contributed by atoms with Crippen molar-refractivity contribution >= 4 is 49.2 Å². The molecule has 0 aliphatic carbocycles. The smallest absolute Gasteiger partial charge is 0.335 e. The zero-order chi connectivity index (χ0) is 16.5. The van der Waals surface area contributed by atoms with E-state index in [0.717, 1.165) is 18.2 Å². The van der Waals surface area contributed by atoms with Crippen LogP contribution >= 0.6 is 27.5 Å². The van der Waals surface area contributed by atoms with Crippen LogP contribution in [0.25, 0.3) is 0 Å². The van der Waals surface area contributed by atoms with Crippen LogP contribution in [0, 0.1) is 5.82 Å². The molecule has 2 rings (SSSR count). The molecule has 0 saturated heterocycles. The molecule has 0 bridgehead atoms. The highest BCUT2D eigenvalue weighted by Crippen LogP contribution is 2.27. The summed E-state index contributed by atoms with van der Waals surface area (Å²) >= 11 is 8.61. The van der Waals surface area contributed by atoms with Crippen LogP contribution in [0.1, 0.15) is 10.4 Å². The molecule has 116 valence electrons. The van der Waals surface area contributed by atoms with E-state index in [1.165, 1.54) is 18.2 Å². The van der Waals surface area contributed by atoms with Crippen LogP contribution in [0.3, 0.4) is 0 Å². The number of halogens is 3. The first-order valence-corrected chi connectivity index (χ1v) is 8.37. The minimum Gasteiger partial charge on any atom is -0.478 e. The van der Waals surface area contributed by atoms with Crippen LogP contribution in [0.15, 0.2) is 45.8 Å². The maximum Gasteiger partial charge on any atom is 0.335 e. The summed E-state index contributed by atoms with van der Waals surface area (Å²) in [6.45, 7) is 0. The molecule has 0 saturated carbocycles. The molecule has 2 aromatic carbocycles. The van der Waals surface area contributed by atoms with Crippen LogP contribution in [0.5, 0.6) is 0 Å². The zero-order valence-corrected chi connectivity index (χ0v) is 13.8. The quantitative estimate of drug-likeness (QED) is 0.807. The second-order valence-corrected chi connectivity index (χ2v) is 7.10. The summed E-state index contributed by atoms with van der Waals surface area (Å²) < 4.78 is 39.9. The molecule has 0 spiro atoms. The molecule has 0 aliphatic heterocycles. The third-order valence-corrected chi connectivity index (χ3v) is 5.29. The van der Waals surface area contributed by atoms with Crippen molar-refractivity contribution < 1.29 is 22.7 Å². The molecule has 0 aliphatic rings. The number of carboxylic acid groups (broad SMARTS) is 1. The first kappa shape index (κ1) is 16.7. The van der Waals surface area contributed by atoms with Crippen LogP contribution < -0.4 is 4.72 Å². The standard InChI is InChI=1S/C13H8BrClFNO4S/c14-9-5-7(13(18)19)1-4-12(9)22(20,21)17-8-2-3-11(16)10(15)6-8/h1-6,17H,(H,18,19). The third-order valence-electron chi connectivity index (χ3n) is 2.64. The number of hydrogen-bond acceptors (Lipinski definition) is 3. The number of aromatic carboxylic acids is 1. The van der Waals surface area contributed by atoms with Gasteiger partial charge in [-0.2, -0.15) is 0 Å². The van der Waals surface area contributed by atoms with Crippen molar-refractivity contribution in [2.24, 2.45) is 0 Å². The normalized spacial score (nSPS) is 11.2. The van der Waals surface area contributed by atoms with Gasteiger partial charge in [0.2, 0.25) is 0 Å². The Morgan fingerprint density at radius 1 is 1.23 bits per heavy atom. The van der Waals surface area contributed by atoms with Gasteiger partial charge in [-0.25, -0.2) is 17.6 Å². The minimum atomic E-state index is -3.99. The summed E-state index contributed by atoms with van der Waals surface area (Å²) in [6, 6.07) is 6.88. The lowest BCUT2D eigenvalue weighted by Gasteiger charge is -2.10. The molecule has 22 heavy (non-hydrogen) atoms. The van der Waals surface area contributed by atoms with Gasteiger partial charge in [-0.15, -0.1) is 0 Å². The van der Waals surface area contributed by atoms with Crippen molar-refractivity contribution in [1.29, 1.82) is 0 Å². The highest BCUT2D eigenvalue weighted by atomic mass is 79.9. The first-order valence-electron chi connectivity index (χ1n) is 5.71. The van der Waals surface area contributed by atoms with Gasteiger partial charge >= 0.3 is 5.97 Å². The number of carboxylic acids is 1. The van der Waals surface area contributed by atoms with E-state index in [0.29, 0.717) is 0 Å². The number of anilines is 1. The predicted octanol–water partition coefficient (Wildman–Crippen LogP) is 3.74. The Balaban J connectivity index is 2.38. The van der Waals surface area contributed by atoms with Gasteiger partial charge in [0.1, 0.15) is 10.7 Å². The van der Waals surface area contributed by atoms with Crippen molar-refractivity contribution in [3.8, 4) is 0 Å². The SMILES string of the molecule is O=C(O)c1ccc(S(=O)(=O)Nc2ccc(F)c(Cl)c2)c(Br)c1. The molecule has 0 aromatic heterocycles. The zero-order valence-electron chi connectivity index (χ0n) is 10.7. The number of hydrogen-bond donors (Lipinski definition) is 2. The van der Waals surface area contributed by atoms with Gasteiger partial charge < -0.3 is 5.11 Å². The Labute approximate surface area is 138 Å². The van der Waals surface area contributed by atoms with E-state index in [9.17, 15) is 17.6 Å². The van der Waals surface area contributed by atoms with Gasteiger partial charge in [0.25, 0.3) is 10.0 Å². The summed E-state index contributed by atoms with van der Waals surface area (Å²) in [5.74, 6) is -1.85. The lowest BCUT2D eigenvalue weighted by Crippen LogP contribution is -2.14. The maximum atomic E-state index is 13.1. The maximum absolute atomic E-state index is 13.1. The van der Waals surface area contributed by atoms with E-state index in [1.807, 2.05) is 0 Å². The average Bonchev–Trinajstić information content (AvgIpc) is 2.42. The van der Waals surface area contributed by atoms with Crippen molar-refractivity contribution in [3.63, 3.8) is 0 Å². The third kappa shape index (κ3) is 3.57. The van der Waals surface area contributed by atoms with Gasteiger partial charge in [0.15, 0.2) is 0 Å². The number of sulfonamides is 1. The van der Waals surface area contributed by atoms with Gasteiger partial charge in [-0.05, 0) is 52.3 Å². The molecule has 0 fully saturated rings. The van der Waals surface area contributed by atoms with E-state index in [2.05, 4.69) is 20.7 Å². The van der Waals surface area contributed by atoms with E-state index < -0.39 is 21.8 Å². The second kappa shape index (κ2) is 6.23. The Hall–Kier alpha value is -1.64. The fourth-order valence-electron chi connectivity index (χ4n) is 1.62.